The van der Waals surface area contributed by atoms with E-state index in [2.05, 4.69) is 21.3 Å². The van der Waals surface area contributed by atoms with Crippen LogP contribution >= 0.6 is 0 Å². The Morgan fingerprint density at radius 1 is 0.787 bits per heavy atom. The Balaban J connectivity index is 3.12. The normalized spacial score (nSPS) is 14.2. The fraction of sp³-hybridized carbons (Fsp3) is 0.531. The second kappa shape index (κ2) is 21.0. The van der Waals surface area contributed by atoms with Crippen LogP contribution in [0.3, 0.4) is 0 Å². The number of aliphatic carboxylic acids is 2. The summed E-state index contributed by atoms with van der Waals surface area (Å²) in [5.74, 6) is -6.60. The SMILES string of the molecule is CCOC(=O)/C=C/[C@H](CC(=O)O)NC(=O)[C@@H](NC(=O)[C@H](CCC(=O)O)NC(=O)[C@@H](NC(=O)OCc1ccccc1)C(C)C)[C@@H](C)CC. The lowest BCUT2D eigenvalue weighted by Crippen LogP contribution is -2.59. The highest BCUT2D eigenvalue weighted by molar-refractivity contribution is 5.94. The molecule has 0 saturated carbocycles. The number of alkyl carbamates (subject to hydrolysis) is 1. The number of benzene rings is 1. The topological polar surface area (TPSA) is 227 Å². The van der Waals surface area contributed by atoms with Crippen LogP contribution in [0.1, 0.15) is 65.9 Å². The van der Waals surface area contributed by atoms with Gasteiger partial charge in [0, 0.05) is 12.5 Å². The Kier molecular flexibility index (Phi) is 17.9. The van der Waals surface area contributed by atoms with Crippen LogP contribution in [-0.2, 0) is 44.8 Å². The maximum Gasteiger partial charge on any atom is 0.408 e. The van der Waals surface area contributed by atoms with Gasteiger partial charge in [-0.15, -0.1) is 0 Å². The zero-order valence-corrected chi connectivity index (χ0v) is 27.3. The molecule has 0 fully saturated rings. The third kappa shape index (κ3) is 15.7. The number of carbonyl (C=O) groups is 7. The van der Waals surface area contributed by atoms with Crippen molar-refractivity contribution in [3.05, 3.63) is 48.0 Å². The monoisotopic (exact) mass is 662 g/mol. The van der Waals surface area contributed by atoms with Gasteiger partial charge in [0.15, 0.2) is 0 Å². The Morgan fingerprint density at radius 2 is 1.43 bits per heavy atom. The molecule has 260 valence electrons. The molecule has 1 aromatic carbocycles. The summed E-state index contributed by atoms with van der Waals surface area (Å²) in [6.45, 7) is 8.36. The van der Waals surface area contributed by atoms with Gasteiger partial charge < -0.3 is 41.0 Å². The molecule has 1 aromatic rings. The summed E-state index contributed by atoms with van der Waals surface area (Å²) in [5.41, 5.74) is 0.725. The Labute approximate surface area is 273 Å². The summed E-state index contributed by atoms with van der Waals surface area (Å²) < 4.78 is 10.00. The third-order valence-corrected chi connectivity index (χ3v) is 6.98. The van der Waals surface area contributed by atoms with E-state index in [9.17, 15) is 43.8 Å². The Hall–Kier alpha value is -4.95. The second-order valence-corrected chi connectivity index (χ2v) is 11.1. The molecule has 0 aliphatic heterocycles. The minimum atomic E-state index is -1.42. The zero-order chi connectivity index (χ0) is 35.5. The van der Waals surface area contributed by atoms with Gasteiger partial charge in [-0.05, 0) is 30.7 Å². The predicted molar refractivity (Wildman–Crippen MR) is 169 cm³/mol. The zero-order valence-electron chi connectivity index (χ0n) is 27.3. The standard InChI is InChI=1S/C32H46N4O11/c1-6-20(5)28(31(44)33-22(17-25(39)40)13-16-26(41)46-7-2)35-29(42)23(14-15-24(37)38)34-30(43)27(19(3)4)36-32(45)47-18-21-11-9-8-10-12-21/h8-13,16,19-20,22-23,27-28H,6-7,14-15,17-18H2,1-5H3,(H,33,44)(H,34,43)(H,35,42)(H,36,45)(H,37,38)(H,39,40)/b16-13+/t20-,22+,23-,27-,28-/m0/s1. The number of amides is 4. The smallest absolute Gasteiger partial charge is 0.408 e. The van der Waals surface area contributed by atoms with E-state index < -0.39 is 90.6 Å². The van der Waals surface area contributed by atoms with E-state index in [4.69, 9.17) is 9.47 Å². The van der Waals surface area contributed by atoms with Crippen molar-refractivity contribution >= 4 is 41.7 Å². The molecule has 5 atom stereocenters. The minimum absolute atomic E-state index is 0.0479. The molecule has 6 N–H and O–H groups in total. The number of carboxylic acids is 2. The molecule has 15 heteroatoms. The molecule has 4 amide bonds. The van der Waals surface area contributed by atoms with E-state index in [-0.39, 0.29) is 19.6 Å². The third-order valence-electron chi connectivity index (χ3n) is 6.98. The summed E-state index contributed by atoms with van der Waals surface area (Å²) in [6.07, 6.45) is 0.262. The molecule has 0 aromatic heterocycles. The predicted octanol–water partition coefficient (Wildman–Crippen LogP) is 1.90. The fourth-order valence-corrected chi connectivity index (χ4v) is 4.19. The molecule has 1 rings (SSSR count). The lowest BCUT2D eigenvalue weighted by molar-refractivity contribution is -0.139. The molecular formula is C32H46N4O11. The number of nitrogens with one attached hydrogen (secondary N) is 4. The summed E-state index contributed by atoms with van der Waals surface area (Å²) in [4.78, 5) is 87.1. The van der Waals surface area contributed by atoms with Gasteiger partial charge in [-0.1, -0.05) is 70.5 Å². The van der Waals surface area contributed by atoms with Gasteiger partial charge in [0.2, 0.25) is 17.7 Å². The van der Waals surface area contributed by atoms with Crippen molar-refractivity contribution in [1.29, 1.82) is 0 Å². The summed E-state index contributed by atoms with van der Waals surface area (Å²) in [7, 11) is 0. The van der Waals surface area contributed by atoms with Crippen molar-refractivity contribution in [1.82, 2.24) is 21.3 Å². The maximum absolute atomic E-state index is 13.5. The van der Waals surface area contributed by atoms with E-state index in [1.807, 2.05) is 0 Å². The highest BCUT2D eigenvalue weighted by atomic mass is 16.5. The van der Waals surface area contributed by atoms with E-state index >= 15 is 0 Å². The van der Waals surface area contributed by atoms with Gasteiger partial charge in [-0.3, -0.25) is 24.0 Å². The summed E-state index contributed by atoms with van der Waals surface area (Å²) in [5, 5.41) is 28.6. The van der Waals surface area contributed by atoms with Crippen LogP contribution in [0, 0.1) is 11.8 Å². The lowest BCUT2D eigenvalue weighted by Gasteiger charge is -2.29. The first-order valence-corrected chi connectivity index (χ1v) is 15.3. The van der Waals surface area contributed by atoms with E-state index in [0.29, 0.717) is 6.42 Å². The van der Waals surface area contributed by atoms with Gasteiger partial charge in [-0.2, -0.15) is 0 Å². The largest absolute Gasteiger partial charge is 0.481 e. The molecule has 0 aliphatic rings. The quantitative estimate of drug-likeness (QED) is 0.0873. The molecule has 0 spiro atoms. The van der Waals surface area contributed by atoms with Gasteiger partial charge >= 0.3 is 24.0 Å². The van der Waals surface area contributed by atoms with Gasteiger partial charge in [0.25, 0.3) is 0 Å². The molecule has 47 heavy (non-hydrogen) atoms. The lowest BCUT2D eigenvalue weighted by atomic mass is 9.96. The second-order valence-electron chi connectivity index (χ2n) is 11.1. The Morgan fingerprint density at radius 3 is 1.98 bits per heavy atom. The average Bonchev–Trinajstić information content (AvgIpc) is 3.01. The van der Waals surface area contributed by atoms with Crippen molar-refractivity contribution in [2.75, 3.05) is 6.61 Å². The van der Waals surface area contributed by atoms with Crippen molar-refractivity contribution in [3.8, 4) is 0 Å². The van der Waals surface area contributed by atoms with E-state index in [1.54, 1.807) is 65.0 Å². The fourth-order valence-electron chi connectivity index (χ4n) is 4.19. The van der Waals surface area contributed by atoms with Crippen LogP contribution in [0.25, 0.3) is 0 Å². The van der Waals surface area contributed by atoms with Crippen LogP contribution in [0.15, 0.2) is 42.5 Å². The van der Waals surface area contributed by atoms with Crippen molar-refractivity contribution < 1.29 is 53.2 Å². The molecule has 15 nitrogen and oxygen atoms in total. The van der Waals surface area contributed by atoms with Crippen LogP contribution in [0.2, 0.25) is 0 Å². The molecular weight excluding hydrogens is 616 g/mol. The van der Waals surface area contributed by atoms with Crippen molar-refractivity contribution in [3.63, 3.8) is 0 Å². The first kappa shape index (κ1) is 40.1. The highest BCUT2D eigenvalue weighted by Gasteiger charge is 2.33. The summed E-state index contributed by atoms with van der Waals surface area (Å²) >= 11 is 0. The number of carboxylic acid groups (broad SMARTS) is 2. The number of hydrogen-bond donors (Lipinski definition) is 6. The molecule has 0 radical (unpaired) electrons. The highest BCUT2D eigenvalue weighted by Crippen LogP contribution is 2.12. The first-order chi connectivity index (χ1) is 22.2. The molecule has 0 heterocycles. The van der Waals surface area contributed by atoms with Crippen LogP contribution in [-0.4, -0.2) is 82.7 Å². The molecule has 0 bridgehead atoms. The number of carbonyl (C=O) groups excluding carboxylic acids is 5. The molecule has 0 unspecified atom stereocenters. The number of ether oxygens (including phenoxy) is 2. The van der Waals surface area contributed by atoms with E-state index in [0.717, 1.165) is 11.6 Å². The van der Waals surface area contributed by atoms with Crippen molar-refractivity contribution in [2.24, 2.45) is 11.8 Å². The summed E-state index contributed by atoms with van der Waals surface area (Å²) in [6, 6.07) is 3.93. The number of rotatable bonds is 20. The number of esters is 1. The molecule has 0 saturated heterocycles. The van der Waals surface area contributed by atoms with Gasteiger partial charge in [0.1, 0.15) is 24.7 Å². The first-order valence-electron chi connectivity index (χ1n) is 15.3. The number of hydrogen-bond acceptors (Lipinski definition) is 9. The van der Waals surface area contributed by atoms with Crippen LogP contribution in [0.5, 0.6) is 0 Å². The minimum Gasteiger partial charge on any atom is -0.481 e. The van der Waals surface area contributed by atoms with E-state index in [1.165, 1.54) is 6.08 Å². The van der Waals surface area contributed by atoms with Gasteiger partial charge in [0.05, 0.1) is 19.1 Å². The molecule has 0 aliphatic carbocycles. The van der Waals surface area contributed by atoms with Crippen molar-refractivity contribution in [2.45, 2.75) is 91.1 Å². The maximum atomic E-state index is 13.5. The average molecular weight is 663 g/mol. The van der Waals surface area contributed by atoms with Crippen LogP contribution in [0.4, 0.5) is 4.79 Å². The van der Waals surface area contributed by atoms with Crippen LogP contribution < -0.4 is 21.3 Å². The Bertz CT molecular complexity index is 1250. The van der Waals surface area contributed by atoms with Gasteiger partial charge in [-0.25, -0.2) is 9.59 Å².